The fraction of sp³-hybridized carbons (Fsp3) is 0.125. The van der Waals surface area contributed by atoms with E-state index >= 15 is 0 Å². The predicted molar refractivity (Wildman–Crippen MR) is 36.8 cm³/mol. The van der Waals surface area contributed by atoms with Gasteiger partial charge in [-0.3, -0.25) is 4.79 Å². The second-order valence-electron chi connectivity index (χ2n) is 1.71. The number of carbonyl (C=O) groups is 1. The molecule has 0 unspecified atom stereocenters. The highest BCUT2D eigenvalue weighted by atomic mass is 16.5. The van der Waals surface area contributed by atoms with Gasteiger partial charge in [0, 0.05) is 0 Å². The zero-order valence-corrected chi connectivity index (χ0v) is 5.41. The van der Waals surface area contributed by atoms with Crippen LogP contribution in [-0.4, -0.2) is 12.9 Å². The van der Waals surface area contributed by atoms with Crippen molar-refractivity contribution in [1.29, 1.82) is 0 Å². The van der Waals surface area contributed by atoms with Crippen molar-refractivity contribution in [2.75, 3.05) is 6.61 Å². The molecule has 1 rings (SSSR count). The van der Waals surface area contributed by atoms with Gasteiger partial charge in [-0.25, -0.2) is 0 Å². The molecule has 51 valence electrons. The van der Waals surface area contributed by atoms with Crippen LogP contribution in [-0.2, 0) is 4.79 Å². The molecule has 0 aliphatic heterocycles. The SMILES string of the molecule is O=CCOc1cc[c]cc1. The maximum absolute atomic E-state index is 9.85. The van der Waals surface area contributed by atoms with Gasteiger partial charge in [-0.2, -0.15) is 0 Å². The first kappa shape index (κ1) is 6.81. The third-order valence-electron chi connectivity index (χ3n) is 1.01. The second-order valence-corrected chi connectivity index (χ2v) is 1.71. The Balaban J connectivity index is 2.50. The molecule has 1 aromatic rings. The smallest absolute Gasteiger partial charge is 0.157 e. The standard InChI is InChI=1S/C8H7O2/c9-6-7-10-8-4-2-1-3-5-8/h2-6H,7H2. The third-order valence-corrected chi connectivity index (χ3v) is 1.01. The fourth-order valence-electron chi connectivity index (χ4n) is 0.598. The average Bonchev–Trinajstić information content (AvgIpc) is 2.03. The normalized spacial score (nSPS) is 8.80. The van der Waals surface area contributed by atoms with Crippen LogP contribution in [0.15, 0.2) is 24.3 Å². The molecule has 0 aliphatic carbocycles. The second kappa shape index (κ2) is 3.67. The van der Waals surface area contributed by atoms with E-state index in [0.29, 0.717) is 5.75 Å². The molecule has 0 saturated heterocycles. The Bertz CT molecular complexity index is 194. The summed E-state index contributed by atoms with van der Waals surface area (Å²) in [6.45, 7) is 0.115. The summed E-state index contributed by atoms with van der Waals surface area (Å²) in [6.07, 6.45) is 0.719. The largest absolute Gasteiger partial charge is 0.486 e. The molecule has 0 heterocycles. The summed E-state index contributed by atoms with van der Waals surface area (Å²) in [4.78, 5) is 9.85. The molecule has 0 fully saturated rings. The van der Waals surface area contributed by atoms with Crippen molar-refractivity contribution in [2.24, 2.45) is 0 Å². The van der Waals surface area contributed by atoms with E-state index in [1.165, 1.54) is 0 Å². The lowest BCUT2D eigenvalue weighted by atomic mass is 10.3. The van der Waals surface area contributed by atoms with Crippen molar-refractivity contribution in [3.8, 4) is 5.75 Å². The van der Waals surface area contributed by atoms with Gasteiger partial charge < -0.3 is 4.74 Å². The Hall–Kier alpha value is -1.31. The maximum atomic E-state index is 9.85. The van der Waals surface area contributed by atoms with Crippen LogP contribution in [0.4, 0.5) is 0 Å². The number of carbonyl (C=O) groups excluding carboxylic acids is 1. The molecule has 0 aromatic heterocycles. The van der Waals surface area contributed by atoms with E-state index in [9.17, 15) is 4.79 Å². The molecular formula is C8H7O2. The average molecular weight is 135 g/mol. The molecule has 0 spiro atoms. The molecule has 1 radical (unpaired) electrons. The number of benzene rings is 1. The summed E-state index contributed by atoms with van der Waals surface area (Å²) in [5.74, 6) is 0.700. The molecule has 0 atom stereocenters. The predicted octanol–water partition coefficient (Wildman–Crippen LogP) is 1.06. The summed E-state index contributed by atoms with van der Waals surface area (Å²) in [6, 6.07) is 9.82. The molecule has 2 nitrogen and oxygen atoms in total. The highest BCUT2D eigenvalue weighted by molar-refractivity contribution is 5.51. The number of hydrogen-bond acceptors (Lipinski definition) is 2. The van der Waals surface area contributed by atoms with E-state index in [0.717, 1.165) is 6.29 Å². The molecule has 2 heteroatoms. The van der Waals surface area contributed by atoms with Crippen LogP contribution in [0, 0.1) is 6.07 Å². The fourth-order valence-corrected chi connectivity index (χ4v) is 0.598. The van der Waals surface area contributed by atoms with E-state index in [1.54, 1.807) is 24.3 Å². The molecule has 0 N–H and O–H groups in total. The maximum Gasteiger partial charge on any atom is 0.157 e. The summed E-state index contributed by atoms with van der Waals surface area (Å²) in [5, 5.41) is 0. The van der Waals surface area contributed by atoms with Gasteiger partial charge >= 0.3 is 0 Å². The van der Waals surface area contributed by atoms with Crippen LogP contribution in [0.1, 0.15) is 0 Å². The topological polar surface area (TPSA) is 26.3 Å². The first-order valence-electron chi connectivity index (χ1n) is 2.96. The lowest BCUT2D eigenvalue weighted by molar-refractivity contribution is -0.109. The highest BCUT2D eigenvalue weighted by Gasteiger charge is 1.86. The van der Waals surface area contributed by atoms with E-state index in [2.05, 4.69) is 6.07 Å². The van der Waals surface area contributed by atoms with Gasteiger partial charge in [-0.15, -0.1) is 0 Å². The van der Waals surface area contributed by atoms with Crippen LogP contribution < -0.4 is 4.74 Å². The van der Waals surface area contributed by atoms with Gasteiger partial charge in [0.15, 0.2) is 6.29 Å². The van der Waals surface area contributed by atoms with Crippen molar-refractivity contribution < 1.29 is 9.53 Å². The van der Waals surface area contributed by atoms with Crippen molar-refractivity contribution in [3.63, 3.8) is 0 Å². The number of aldehydes is 1. The lowest BCUT2D eigenvalue weighted by Crippen LogP contribution is -1.96. The van der Waals surface area contributed by atoms with Crippen LogP contribution in [0.5, 0.6) is 5.75 Å². The van der Waals surface area contributed by atoms with Gasteiger partial charge in [-0.1, -0.05) is 12.1 Å². The van der Waals surface area contributed by atoms with Crippen LogP contribution in [0.2, 0.25) is 0 Å². The van der Waals surface area contributed by atoms with Crippen LogP contribution in [0.25, 0.3) is 0 Å². The van der Waals surface area contributed by atoms with Crippen LogP contribution in [0.3, 0.4) is 0 Å². The molecule has 0 amide bonds. The molecule has 1 aromatic carbocycles. The monoisotopic (exact) mass is 135 g/mol. The van der Waals surface area contributed by atoms with Gasteiger partial charge in [-0.05, 0) is 18.2 Å². The van der Waals surface area contributed by atoms with E-state index in [-0.39, 0.29) is 6.61 Å². The Labute approximate surface area is 59.4 Å². The Kier molecular flexibility index (Phi) is 2.49. The first-order chi connectivity index (χ1) is 4.93. The molecule has 0 saturated carbocycles. The first-order valence-corrected chi connectivity index (χ1v) is 2.96. The van der Waals surface area contributed by atoms with E-state index in [1.807, 2.05) is 0 Å². The number of ether oxygens (including phenoxy) is 1. The quantitative estimate of drug-likeness (QED) is 0.579. The van der Waals surface area contributed by atoms with Crippen LogP contribution >= 0.6 is 0 Å². The summed E-state index contributed by atoms with van der Waals surface area (Å²) in [7, 11) is 0. The zero-order chi connectivity index (χ0) is 7.23. The van der Waals surface area contributed by atoms with Crippen molar-refractivity contribution >= 4 is 6.29 Å². The minimum absolute atomic E-state index is 0.115. The highest BCUT2D eigenvalue weighted by Crippen LogP contribution is 2.06. The summed E-state index contributed by atoms with van der Waals surface area (Å²) < 4.78 is 4.97. The summed E-state index contributed by atoms with van der Waals surface area (Å²) in [5.41, 5.74) is 0. The van der Waals surface area contributed by atoms with Crippen molar-refractivity contribution in [2.45, 2.75) is 0 Å². The Morgan fingerprint density at radius 3 is 2.80 bits per heavy atom. The van der Waals surface area contributed by atoms with Crippen molar-refractivity contribution in [1.82, 2.24) is 0 Å². The zero-order valence-electron chi connectivity index (χ0n) is 5.41. The lowest BCUT2D eigenvalue weighted by Gasteiger charge is -1.98. The minimum Gasteiger partial charge on any atom is -0.486 e. The molecule has 0 bridgehead atoms. The Morgan fingerprint density at radius 2 is 2.20 bits per heavy atom. The van der Waals surface area contributed by atoms with E-state index in [4.69, 9.17) is 4.74 Å². The van der Waals surface area contributed by atoms with Gasteiger partial charge in [0.05, 0.1) is 0 Å². The van der Waals surface area contributed by atoms with Crippen molar-refractivity contribution in [3.05, 3.63) is 30.3 Å². The number of hydrogen-bond donors (Lipinski definition) is 0. The minimum atomic E-state index is 0.115. The van der Waals surface area contributed by atoms with Gasteiger partial charge in [0.2, 0.25) is 0 Å². The molecular weight excluding hydrogens is 128 g/mol. The summed E-state index contributed by atoms with van der Waals surface area (Å²) >= 11 is 0. The molecule has 0 aliphatic rings. The third kappa shape index (κ3) is 1.90. The molecule has 10 heavy (non-hydrogen) atoms. The van der Waals surface area contributed by atoms with Gasteiger partial charge in [0.1, 0.15) is 12.4 Å². The number of rotatable bonds is 3. The van der Waals surface area contributed by atoms with E-state index < -0.39 is 0 Å². The Morgan fingerprint density at radius 1 is 1.50 bits per heavy atom. The van der Waals surface area contributed by atoms with Gasteiger partial charge in [0.25, 0.3) is 0 Å².